The molecular formula is C23H28F2N4O2. The lowest BCUT2D eigenvalue weighted by molar-refractivity contribution is 0.101. The van der Waals surface area contributed by atoms with E-state index >= 15 is 0 Å². The van der Waals surface area contributed by atoms with Crippen molar-refractivity contribution in [2.45, 2.75) is 38.0 Å². The molecule has 1 amide bonds. The highest BCUT2D eigenvalue weighted by molar-refractivity contribution is 6.05. The molecule has 0 unspecified atom stereocenters. The third kappa shape index (κ3) is 5.38. The lowest BCUT2D eigenvalue weighted by Gasteiger charge is -2.18. The van der Waals surface area contributed by atoms with Crippen LogP contribution in [0.5, 0.6) is 5.75 Å². The number of anilines is 1. The van der Waals surface area contributed by atoms with E-state index in [1.165, 1.54) is 26.4 Å². The largest absolute Gasteiger partial charge is 0.497 e. The van der Waals surface area contributed by atoms with Crippen LogP contribution >= 0.6 is 0 Å². The fourth-order valence-electron chi connectivity index (χ4n) is 3.75. The standard InChI is InChI=1S/C21H21F2N3O2.C2H7N/c1-28-14-10-15(22)19(16(23)11-14)21(27)24-13-7-8-17-18(9-13)26-20(25-17)12-5-3-2-4-6-12;1-3-2/h7-12H,2-6H2,1H3,(H,24,27)(H,25,26);3H,1-2H3. The number of nitrogens with zero attached hydrogens (tertiary/aromatic N) is 1. The van der Waals surface area contributed by atoms with E-state index in [4.69, 9.17) is 4.74 Å². The van der Waals surface area contributed by atoms with Crippen LogP contribution in [0.2, 0.25) is 0 Å². The van der Waals surface area contributed by atoms with Gasteiger partial charge in [-0.2, -0.15) is 0 Å². The van der Waals surface area contributed by atoms with E-state index in [2.05, 4.69) is 20.6 Å². The van der Waals surface area contributed by atoms with E-state index in [9.17, 15) is 13.6 Å². The molecule has 1 fully saturated rings. The summed E-state index contributed by atoms with van der Waals surface area (Å²) in [6, 6.07) is 7.14. The van der Waals surface area contributed by atoms with Gasteiger partial charge in [0.2, 0.25) is 0 Å². The number of benzene rings is 2. The summed E-state index contributed by atoms with van der Waals surface area (Å²) in [4.78, 5) is 20.4. The number of rotatable bonds is 4. The van der Waals surface area contributed by atoms with Gasteiger partial charge in [0.25, 0.3) is 5.91 Å². The summed E-state index contributed by atoms with van der Waals surface area (Å²) in [6.45, 7) is 0. The summed E-state index contributed by atoms with van der Waals surface area (Å²) in [5, 5.41) is 5.30. The van der Waals surface area contributed by atoms with Gasteiger partial charge < -0.3 is 20.4 Å². The molecule has 1 aliphatic carbocycles. The van der Waals surface area contributed by atoms with Gasteiger partial charge >= 0.3 is 0 Å². The second-order valence-corrected chi connectivity index (χ2v) is 7.61. The number of H-pyrrole nitrogens is 1. The van der Waals surface area contributed by atoms with Crippen molar-refractivity contribution in [1.29, 1.82) is 0 Å². The minimum Gasteiger partial charge on any atom is -0.497 e. The van der Waals surface area contributed by atoms with Crippen LogP contribution in [0.15, 0.2) is 30.3 Å². The average Bonchev–Trinajstić information content (AvgIpc) is 3.18. The molecule has 166 valence electrons. The SMILES string of the molecule is CNC.COc1cc(F)c(C(=O)Nc2ccc3nc(C4CCCCC4)[nH]c3c2)c(F)c1. The smallest absolute Gasteiger partial charge is 0.261 e. The van der Waals surface area contributed by atoms with Gasteiger partial charge in [-0.3, -0.25) is 4.79 Å². The number of nitrogens with one attached hydrogen (secondary N) is 3. The molecule has 6 nitrogen and oxygen atoms in total. The predicted octanol–water partition coefficient (Wildman–Crippen LogP) is 4.99. The van der Waals surface area contributed by atoms with Crippen LogP contribution in [-0.2, 0) is 0 Å². The maximum atomic E-state index is 14.1. The summed E-state index contributed by atoms with van der Waals surface area (Å²) >= 11 is 0. The molecule has 0 spiro atoms. The Hall–Kier alpha value is -3.00. The predicted molar refractivity (Wildman–Crippen MR) is 118 cm³/mol. The number of fused-ring (bicyclic) bond motifs is 1. The molecular weight excluding hydrogens is 402 g/mol. The molecule has 31 heavy (non-hydrogen) atoms. The van der Waals surface area contributed by atoms with E-state index in [1.807, 2.05) is 14.1 Å². The molecule has 8 heteroatoms. The molecule has 1 aliphatic rings. The van der Waals surface area contributed by atoms with E-state index in [0.29, 0.717) is 11.6 Å². The third-order valence-electron chi connectivity index (χ3n) is 5.23. The molecule has 0 bridgehead atoms. The van der Waals surface area contributed by atoms with Crippen molar-refractivity contribution < 1.29 is 18.3 Å². The number of amides is 1. The van der Waals surface area contributed by atoms with Crippen LogP contribution < -0.4 is 15.4 Å². The van der Waals surface area contributed by atoms with Crippen molar-refractivity contribution in [3.8, 4) is 5.75 Å². The monoisotopic (exact) mass is 430 g/mol. The van der Waals surface area contributed by atoms with Crippen LogP contribution in [-0.4, -0.2) is 37.1 Å². The Kier molecular flexibility index (Phi) is 7.57. The Morgan fingerprint density at radius 1 is 1.10 bits per heavy atom. The number of imidazole rings is 1. The first-order chi connectivity index (χ1) is 15.0. The fourth-order valence-corrected chi connectivity index (χ4v) is 3.75. The Balaban J connectivity index is 0.000000858. The molecule has 3 aromatic rings. The highest BCUT2D eigenvalue weighted by atomic mass is 19.1. The Labute approximate surface area is 180 Å². The van der Waals surface area contributed by atoms with Gasteiger partial charge in [-0.05, 0) is 45.1 Å². The van der Waals surface area contributed by atoms with Crippen LogP contribution in [0.1, 0.15) is 54.2 Å². The molecule has 0 saturated heterocycles. The number of hydrogen-bond acceptors (Lipinski definition) is 4. The van der Waals surface area contributed by atoms with Crippen LogP contribution in [0.25, 0.3) is 11.0 Å². The zero-order valence-corrected chi connectivity index (χ0v) is 18.0. The van der Waals surface area contributed by atoms with E-state index in [0.717, 1.165) is 41.8 Å². The highest BCUT2D eigenvalue weighted by Gasteiger charge is 2.21. The summed E-state index contributed by atoms with van der Waals surface area (Å²) in [5.74, 6) is -1.40. The van der Waals surface area contributed by atoms with Gasteiger partial charge in [0.1, 0.15) is 28.8 Å². The summed E-state index contributed by atoms with van der Waals surface area (Å²) in [7, 11) is 5.05. The van der Waals surface area contributed by atoms with Gasteiger partial charge in [-0.25, -0.2) is 13.8 Å². The van der Waals surface area contributed by atoms with Crippen molar-refractivity contribution in [1.82, 2.24) is 15.3 Å². The molecule has 4 rings (SSSR count). The fraction of sp³-hybridized carbons (Fsp3) is 0.391. The molecule has 1 aromatic heterocycles. The first-order valence-corrected chi connectivity index (χ1v) is 10.4. The zero-order valence-electron chi connectivity index (χ0n) is 18.0. The van der Waals surface area contributed by atoms with Crippen molar-refractivity contribution in [2.24, 2.45) is 0 Å². The van der Waals surface area contributed by atoms with Crippen molar-refractivity contribution in [2.75, 3.05) is 26.5 Å². The Morgan fingerprint density at radius 3 is 2.35 bits per heavy atom. The number of halogens is 2. The van der Waals surface area contributed by atoms with Gasteiger partial charge in [0.15, 0.2) is 0 Å². The summed E-state index contributed by atoms with van der Waals surface area (Å²) in [5.41, 5.74) is 1.38. The van der Waals surface area contributed by atoms with Crippen molar-refractivity contribution in [3.05, 3.63) is 53.4 Å². The normalized spacial score (nSPS) is 14.1. The van der Waals surface area contributed by atoms with E-state index in [-0.39, 0.29) is 5.75 Å². The number of methoxy groups -OCH3 is 1. The number of ether oxygens (including phenoxy) is 1. The first-order valence-electron chi connectivity index (χ1n) is 10.4. The first kappa shape index (κ1) is 22.7. The molecule has 1 heterocycles. The van der Waals surface area contributed by atoms with Gasteiger partial charge in [0, 0.05) is 23.7 Å². The third-order valence-corrected chi connectivity index (χ3v) is 5.23. The topological polar surface area (TPSA) is 79.0 Å². The maximum Gasteiger partial charge on any atom is 0.261 e. The second-order valence-electron chi connectivity index (χ2n) is 7.61. The Bertz CT molecular complexity index is 1020. The quantitative estimate of drug-likeness (QED) is 0.545. The minimum absolute atomic E-state index is 0.0145. The van der Waals surface area contributed by atoms with Crippen LogP contribution in [0, 0.1) is 11.6 Å². The zero-order chi connectivity index (χ0) is 22.4. The number of hydrogen-bond donors (Lipinski definition) is 3. The molecule has 0 aliphatic heterocycles. The molecule has 2 aromatic carbocycles. The molecule has 0 atom stereocenters. The number of carbonyl (C=O) groups excluding carboxylic acids is 1. The molecule has 3 N–H and O–H groups in total. The summed E-state index contributed by atoms with van der Waals surface area (Å²) in [6.07, 6.45) is 5.94. The van der Waals surface area contributed by atoms with Gasteiger partial charge in [0.05, 0.1) is 18.1 Å². The Morgan fingerprint density at radius 2 is 1.74 bits per heavy atom. The maximum absolute atomic E-state index is 14.1. The van der Waals surface area contributed by atoms with E-state index < -0.39 is 23.1 Å². The lowest BCUT2D eigenvalue weighted by Crippen LogP contribution is -2.16. The van der Waals surface area contributed by atoms with Crippen molar-refractivity contribution >= 4 is 22.6 Å². The van der Waals surface area contributed by atoms with Crippen molar-refractivity contribution in [3.63, 3.8) is 0 Å². The highest BCUT2D eigenvalue weighted by Crippen LogP contribution is 2.32. The minimum atomic E-state index is -0.975. The summed E-state index contributed by atoms with van der Waals surface area (Å²) < 4.78 is 33.0. The average molecular weight is 430 g/mol. The van der Waals surface area contributed by atoms with E-state index in [1.54, 1.807) is 18.2 Å². The number of carbonyl (C=O) groups is 1. The number of aromatic nitrogens is 2. The number of aromatic amines is 1. The van der Waals surface area contributed by atoms with Gasteiger partial charge in [-0.1, -0.05) is 19.3 Å². The second kappa shape index (κ2) is 10.3. The van der Waals surface area contributed by atoms with Crippen LogP contribution in [0.3, 0.4) is 0 Å². The molecule has 1 saturated carbocycles. The van der Waals surface area contributed by atoms with Gasteiger partial charge in [-0.15, -0.1) is 0 Å². The van der Waals surface area contributed by atoms with Crippen LogP contribution in [0.4, 0.5) is 14.5 Å². The lowest BCUT2D eigenvalue weighted by atomic mass is 9.89. The molecule has 0 radical (unpaired) electrons.